The van der Waals surface area contributed by atoms with Crippen LogP contribution >= 0.6 is 23.2 Å². The first kappa shape index (κ1) is 16.4. The summed E-state index contributed by atoms with van der Waals surface area (Å²) in [4.78, 5) is 12.3. The van der Waals surface area contributed by atoms with Gasteiger partial charge in [0.2, 0.25) is 5.91 Å². The molecule has 0 aliphatic carbocycles. The molecule has 3 N–H and O–H groups in total. The lowest BCUT2D eigenvalue weighted by Crippen LogP contribution is -2.27. The van der Waals surface area contributed by atoms with Gasteiger partial charge in [-0.15, -0.1) is 0 Å². The molecule has 0 bridgehead atoms. The fourth-order valence-corrected chi connectivity index (χ4v) is 3.82. The van der Waals surface area contributed by atoms with Gasteiger partial charge in [0.05, 0.1) is 28.1 Å². The maximum atomic E-state index is 12.3. The largest absolute Gasteiger partial charge is 0.395 e. The Morgan fingerprint density at radius 2 is 2.22 bits per heavy atom. The van der Waals surface area contributed by atoms with E-state index >= 15 is 0 Å². The summed E-state index contributed by atoms with van der Waals surface area (Å²) in [6, 6.07) is 1.76. The molecule has 1 unspecified atom stereocenters. The van der Waals surface area contributed by atoms with Gasteiger partial charge in [0, 0.05) is 43.3 Å². The number of aliphatic hydroxyl groups is 1. The van der Waals surface area contributed by atoms with Crippen molar-refractivity contribution in [1.29, 1.82) is 0 Å². The number of hydrogen-bond acceptors (Lipinski definition) is 3. The van der Waals surface area contributed by atoms with Crippen LogP contribution in [0.4, 0.5) is 5.69 Å². The molecule has 2 heterocycles. The van der Waals surface area contributed by atoms with Gasteiger partial charge in [-0.3, -0.25) is 4.79 Å². The Morgan fingerprint density at radius 1 is 1.48 bits per heavy atom. The molecule has 124 valence electrons. The van der Waals surface area contributed by atoms with Crippen molar-refractivity contribution < 1.29 is 9.90 Å². The van der Waals surface area contributed by atoms with Crippen molar-refractivity contribution >= 4 is 45.7 Å². The van der Waals surface area contributed by atoms with Crippen LogP contribution < -0.4 is 10.6 Å². The average Bonchev–Trinajstić information content (AvgIpc) is 2.73. The number of carbonyl (C=O) groups is 1. The van der Waals surface area contributed by atoms with Gasteiger partial charge >= 0.3 is 0 Å². The Labute approximate surface area is 144 Å². The zero-order valence-electron chi connectivity index (χ0n) is 13.0. The van der Waals surface area contributed by atoms with Crippen LogP contribution in [0.3, 0.4) is 0 Å². The Hall–Kier alpha value is -1.43. The van der Waals surface area contributed by atoms with Crippen molar-refractivity contribution in [3.63, 3.8) is 0 Å². The number of nitrogens with one attached hydrogen (secondary N) is 2. The molecule has 1 atom stereocenters. The third-order valence-corrected chi connectivity index (χ3v) is 5.21. The van der Waals surface area contributed by atoms with Crippen molar-refractivity contribution in [2.75, 3.05) is 25.0 Å². The van der Waals surface area contributed by atoms with E-state index in [-0.39, 0.29) is 18.4 Å². The standard InChI is InChI=1S/C16H19Cl2N3O2/c1-8-12-11(3-4-20-16(8)23)21(2)15-13(12)10(19-5-6-22)7-9(17)14(15)18/h7-8,19,22H,3-6H2,1-2H3,(H,20,23). The lowest BCUT2D eigenvalue weighted by Gasteiger charge is -2.13. The van der Waals surface area contributed by atoms with E-state index in [1.165, 1.54) is 0 Å². The van der Waals surface area contributed by atoms with Gasteiger partial charge in [0.15, 0.2) is 0 Å². The van der Waals surface area contributed by atoms with Gasteiger partial charge in [0.25, 0.3) is 0 Å². The number of aliphatic hydroxyl groups excluding tert-OH is 1. The van der Waals surface area contributed by atoms with Crippen molar-refractivity contribution in [2.45, 2.75) is 19.3 Å². The molecule has 0 spiro atoms. The van der Waals surface area contributed by atoms with Gasteiger partial charge in [-0.05, 0) is 18.6 Å². The predicted molar refractivity (Wildman–Crippen MR) is 93.6 cm³/mol. The molecule has 1 aromatic heterocycles. The first-order valence-electron chi connectivity index (χ1n) is 7.59. The van der Waals surface area contributed by atoms with Gasteiger partial charge in [-0.25, -0.2) is 0 Å². The molecule has 2 aromatic rings. The number of amides is 1. The van der Waals surface area contributed by atoms with E-state index in [0.717, 1.165) is 34.3 Å². The summed E-state index contributed by atoms with van der Waals surface area (Å²) in [5, 5.41) is 17.1. The highest BCUT2D eigenvalue weighted by molar-refractivity contribution is 6.45. The summed E-state index contributed by atoms with van der Waals surface area (Å²) in [5.74, 6) is -0.265. The molecule has 1 aliphatic heterocycles. The van der Waals surface area contributed by atoms with Gasteiger partial charge in [-0.1, -0.05) is 23.2 Å². The smallest absolute Gasteiger partial charge is 0.227 e. The number of benzene rings is 1. The quantitative estimate of drug-likeness (QED) is 0.792. The molecular formula is C16H19Cl2N3O2. The fourth-order valence-electron chi connectivity index (χ4n) is 3.35. The molecule has 1 aromatic carbocycles. The average molecular weight is 356 g/mol. The first-order chi connectivity index (χ1) is 11.0. The van der Waals surface area contributed by atoms with Gasteiger partial charge < -0.3 is 20.3 Å². The SMILES string of the molecule is CC1C(=O)NCCc2c1c1c(NCCO)cc(Cl)c(Cl)c1n2C. The van der Waals surface area contributed by atoms with Crippen molar-refractivity contribution in [3.05, 3.63) is 27.4 Å². The number of aryl methyl sites for hydroxylation is 1. The van der Waals surface area contributed by atoms with Crippen LogP contribution in [0.25, 0.3) is 10.9 Å². The number of rotatable bonds is 3. The second-order valence-corrected chi connectivity index (χ2v) is 6.56. The molecule has 0 radical (unpaired) electrons. The molecule has 23 heavy (non-hydrogen) atoms. The Kier molecular flexibility index (Phi) is 4.45. The van der Waals surface area contributed by atoms with Gasteiger partial charge in [0.1, 0.15) is 0 Å². The summed E-state index contributed by atoms with van der Waals surface area (Å²) in [7, 11) is 1.95. The maximum Gasteiger partial charge on any atom is 0.227 e. The molecular weight excluding hydrogens is 337 g/mol. The van der Waals surface area contributed by atoms with Crippen LogP contribution in [0, 0.1) is 0 Å². The molecule has 0 saturated carbocycles. The summed E-state index contributed by atoms with van der Waals surface area (Å²) in [6.07, 6.45) is 0.740. The number of anilines is 1. The number of fused-ring (bicyclic) bond motifs is 3. The fraction of sp³-hybridized carbons (Fsp3) is 0.438. The van der Waals surface area contributed by atoms with Crippen LogP contribution in [0.1, 0.15) is 24.1 Å². The minimum atomic E-state index is -0.275. The Balaban J connectivity index is 2.37. The zero-order chi connectivity index (χ0) is 16.7. The topological polar surface area (TPSA) is 66.3 Å². The van der Waals surface area contributed by atoms with E-state index in [0.29, 0.717) is 23.1 Å². The number of aromatic nitrogens is 1. The van der Waals surface area contributed by atoms with Crippen LogP contribution in [0.2, 0.25) is 10.0 Å². The highest BCUT2D eigenvalue weighted by Crippen LogP contribution is 2.43. The van der Waals surface area contributed by atoms with E-state index in [2.05, 4.69) is 10.6 Å². The minimum Gasteiger partial charge on any atom is -0.395 e. The summed E-state index contributed by atoms with van der Waals surface area (Å²) in [5.41, 5.74) is 3.69. The molecule has 0 saturated heterocycles. The summed E-state index contributed by atoms with van der Waals surface area (Å²) >= 11 is 12.7. The molecule has 5 nitrogen and oxygen atoms in total. The number of halogens is 2. The van der Waals surface area contributed by atoms with E-state index in [1.54, 1.807) is 6.07 Å². The minimum absolute atomic E-state index is 0.00675. The lowest BCUT2D eigenvalue weighted by molar-refractivity contribution is -0.121. The second-order valence-electron chi connectivity index (χ2n) is 5.78. The van der Waals surface area contributed by atoms with Gasteiger partial charge in [-0.2, -0.15) is 0 Å². The van der Waals surface area contributed by atoms with E-state index in [1.807, 2.05) is 18.5 Å². The van der Waals surface area contributed by atoms with Crippen molar-refractivity contribution in [1.82, 2.24) is 9.88 Å². The number of carbonyl (C=O) groups excluding carboxylic acids is 1. The first-order valence-corrected chi connectivity index (χ1v) is 8.34. The zero-order valence-corrected chi connectivity index (χ0v) is 14.6. The lowest BCUT2D eigenvalue weighted by atomic mass is 9.96. The van der Waals surface area contributed by atoms with Crippen LogP contribution in [0.5, 0.6) is 0 Å². The molecule has 1 aliphatic rings. The van der Waals surface area contributed by atoms with Crippen LogP contribution in [0.15, 0.2) is 6.07 Å². The Bertz CT molecular complexity index is 786. The monoisotopic (exact) mass is 355 g/mol. The van der Waals surface area contributed by atoms with Crippen LogP contribution in [-0.2, 0) is 18.3 Å². The van der Waals surface area contributed by atoms with E-state index < -0.39 is 0 Å². The number of hydrogen-bond donors (Lipinski definition) is 3. The maximum absolute atomic E-state index is 12.3. The van der Waals surface area contributed by atoms with Crippen molar-refractivity contribution in [3.8, 4) is 0 Å². The highest BCUT2D eigenvalue weighted by atomic mass is 35.5. The van der Waals surface area contributed by atoms with E-state index in [4.69, 9.17) is 28.3 Å². The van der Waals surface area contributed by atoms with Crippen LogP contribution in [-0.4, -0.2) is 35.3 Å². The third kappa shape index (κ3) is 2.57. The number of nitrogens with zero attached hydrogens (tertiary/aromatic N) is 1. The molecule has 3 rings (SSSR count). The second kappa shape index (κ2) is 6.23. The Morgan fingerprint density at radius 3 is 2.91 bits per heavy atom. The predicted octanol–water partition coefficient (Wildman–Crippen LogP) is 2.67. The third-order valence-electron chi connectivity index (χ3n) is 4.43. The molecule has 1 amide bonds. The molecule has 7 heteroatoms. The summed E-state index contributed by atoms with van der Waals surface area (Å²) < 4.78 is 2.03. The van der Waals surface area contributed by atoms with E-state index in [9.17, 15) is 4.79 Å². The molecule has 0 fully saturated rings. The van der Waals surface area contributed by atoms with Crippen molar-refractivity contribution in [2.24, 2.45) is 7.05 Å². The normalized spacial score (nSPS) is 17.8. The summed E-state index contributed by atoms with van der Waals surface area (Å²) in [6.45, 7) is 2.91. The highest BCUT2D eigenvalue weighted by Gasteiger charge is 2.30.